The third-order valence-corrected chi connectivity index (χ3v) is 6.24. The molecule has 15 heteroatoms. The first-order valence-corrected chi connectivity index (χ1v) is 11.8. The quantitative estimate of drug-likeness (QED) is 0.277. The molecule has 0 aliphatic carbocycles. The Balaban J connectivity index is 1.47. The van der Waals surface area contributed by atoms with Gasteiger partial charge < -0.3 is 30.4 Å². The number of anilines is 2. The Morgan fingerprint density at radius 1 is 1.18 bits per heavy atom. The van der Waals surface area contributed by atoms with Crippen LogP contribution in [0.5, 0.6) is 11.5 Å². The van der Waals surface area contributed by atoms with Gasteiger partial charge in [-0.2, -0.15) is 18.2 Å². The molecule has 0 bridgehead atoms. The Labute approximate surface area is 223 Å². The number of pyridine rings is 1. The fourth-order valence-corrected chi connectivity index (χ4v) is 4.13. The van der Waals surface area contributed by atoms with Crippen LogP contribution in [0.25, 0.3) is 16.9 Å². The fourth-order valence-electron chi connectivity index (χ4n) is 3.63. The number of aromatic nitrogens is 5. The number of hydrogen-bond acceptors (Lipinski definition) is 9. The van der Waals surface area contributed by atoms with Gasteiger partial charge in [-0.3, -0.25) is 0 Å². The van der Waals surface area contributed by atoms with E-state index in [9.17, 15) is 13.2 Å². The minimum Gasteiger partial charge on any atom is -0.488 e. The maximum absolute atomic E-state index is 13.6. The highest BCUT2D eigenvalue weighted by atomic mass is 35.5. The van der Waals surface area contributed by atoms with E-state index in [1.165, 1.54) is 29.2 Å². The molecule has 0 radical (unpaired) electrons. The first kappa shape index (κ1) is 25.8. The van der Waals surface area contributed by atoms with Crippen LogP contribution in [0.15, 0.2) is 43.0 Å². The fraction of sp³-hybridized carbons (Fsp3) is 0.217. The maximum Gasteiger partial charge on any atom is 0.416 e. The first-order valence-electron chi connectivity index (χ1n) is 11.1. The molecule has 4 N–H and O–H groups in total. The van der Waals surface area contributed by atoms with E-state index in [4.69, 9.17) is 38.4 Å². The molecular formula is C23H19Cl2F3N8O2. The summed E-state index contributed by atoms with van der Waals surface area (Å²) in [4.78, 5) is 16.7. The van der Waals surface area contributed by atoms with Crippen LogP contribution in [0.4, 0.5) is 24.8 Å². The van der Waals surface area contributed by atoms with Crippen LogP contribution in [0.2, 0.25) is 10.2 Å². The second-order valence-electron chi connectivity index (χ2n) is 8.20. The summed E-state index contributed by atoms with van der Waals surface area (Å²) in [7, 11) is 1.62. The average molecular weight is 567 g/mol. The lowest BCUT2D eigenvalue weighted by Gasteiger charge is -2.28. The molecule has 198 valence electrons. The lowest BCUT2D eigenvalue weighted by atomic mass is 10.1. The number of fused-ring (bicyclic) bond motifs is 1. The third kappa shape index (κ3) is 5.12. The maximum atomic E-state index is 13.6. The minimum atomic E-state index is -4.57. The van der Waals surface area contributed by atoms with Crippen LogP contribution >= 0.6 is 23.2 Å². The average Bonchev–Trinajstić information content (AvgIpc) is 3.16. The first-order chi connectivity index (χ1) is 18.1. The van der Waals surface area contributed by atoms with E-state index in [0.29, 0.717) is 18.6 Å². The summed E-state index contributed by atoms with van der Waals surface area (Å²) in [5, 5.41) is 6.11. The van der Waals surface area contributed by atoms with Gasteiger partial charge in [-0.15, -0.1) is 0 Å². The molecule has 1 aliphatic heterocycles. The van der Waals surface area contributed by atoms with Crippen molar-refractivity contribution in [2.75, 3.05) is 18.4 Å². The smallest absolute Gasteiger partial charge is 0.416 e. The minimum absolute atomic E-state index is 0.0689. The molecule has 0 saturated carbocycles. The molecular weight excluding hydrogens is 548 g/mol. The van der Waals surface area contributed by atoms with Gasteiger partial charge in [0.15, 0.2) is 22.3 Å². The van der Waals surface area contributed by atoms with Crippen LogP contribution in [0.1, 0.15) is 11.3 Å². The molecule has 0 unspecified atom stereocenters. The standard InChI is InChI=1S/C23H19Cl2F3N8O2/c1-36-19-17(24)16(38-15(7-29)18-20(25)32-3-2-31-18)10-33-21(19)35-22(36)34-12-4-11(23(26,27)28)5-13(6-12)37-14-8-30-9-14/h2-7,10,14,30H,8-9,29H2,1H3,(H,33,34,35). The van der Waals surface area contributed by atoms with E-state index in [2.05, 4.69) is 30.6 Å². The highest BCUT2D eigenvalue weighted by molar-refractivity contribution is 6.36. The monoisotopic (exact) mass is 566 g/mol. The topological polar surface area (TPSA) is 125 Å². The number of nitrogens with one attached hydrogen (secondary N) is 2. The van der Waals surface area contributed by atoms with Crippen molar-refractivity contribution >= 4 is 51.8 Å². The Bertz CT molecular complexity index is 1540. The van der Waals surface area contributed by atoms with Gasteiger partial charge >= 0.3 is 6.18 Å². The van der Waals surface area contributed by atoms with Crippen molar-refractivity contribution in [2.45, 2.75) is 12.3 Å². The molecule has 1 aromatic carbocycles. The zero-order chi connectivity index (χ0) is 27.0. The Kier molecular flexibility index (Phi) is 6.90. The lowest BCUT2D eigenvalue weighted by molar-refractivity contribution is -0.137. The SMILES string of the molecule is Cn1c(Nc2cc(OC3CNC3)cc(C(F)(F)F)c2)nc2ncc(OC(=CN)c3nccnc3Cl)c(Cl)c21. The highest BCUT2D eigenvalue weighted by Crippen LogP contribution is 2.38. The number of nitrogens with two attached hydrogens (primary N) is 1. The molecule has 0 atom stereocenters. The van der Waals surface area contributed by atoms with Crippen molar-refractivity contribution in [2.24, 2.45) is 12.8 Å². The predicted octanol–water partition coefficient (Wildman–Crippen LogP) is 4.51. The van der Waals surface area contributed by atoms with Crippen molar-refractivity contribution < 1.29 is 22.6 Å². The molecule has 1 fully saturated rings. The molecule has 1 saturated heterocycles. The number of benzene rings is 1. The van der Waals surface area contributed by atoms with Gasteiger partial charge in [-0.05, 0) is 12.1 Å². The van der Waals surface area contributed by atoms with Gasteiger partial charge in [0.05, 0.1) is 11.8 Å². The summed E-state index contributed by atoms with van der Waals surface area (Å²) in [5.41, 5.74) is 5.75. The molecule has 1 aliphatic rings. The Morgan fingerprint density at radius 3 is 2.61 bits per heavy atom. The summed E-state index contributed by atoms with van der Waals surface area (Å²) in [5.74, 6) is 0.484. The second-order valence-corrected chi connectivity index (χ2v) is 8.93. The van der Waals surface area contributed by atoms with Crippen molar-refractivity contribution in [3.8, 4) is 11.5 Å². The van der Waals surface area contributed by atoms with E-state index in [-0.39, 0.29) is 56.5 Å². The van der Waals surface area contributed by atoms with Crippen molar-refractivity contribution in [3.63, 3.8) is 0 Å². The van der Waals surface area contributed by atoms with Crippen LogP contribution < -0.4 is 25.8 Å². The van der Waals surface area contributed by atoms with Crippen LogP contribution in [-0.2, 0) is 13.2 Å². The lowest BCUT2D eigenvalue weighted by Crippen LogP contribution is -2.50. The van der Waals surface area contributed by atoms with Gasteiger partial charge in [0, 0.05) is 50.5 Å². The Hall–Kier alpha value is -3.81. The van der Waals surface area contributed by atoms with Crippen molar-refractivity contribution in [1.29, 1.82) is 0 Å². The van der Waals surface area contributed by atoms with E-state index in [1.54, 1.807) is 7.05 Å². The molecule has 4 aromatic rings. The molecule has 0 spiro atoms. The van der Waals surface area contributed by atoms with Gasteiger partial charge in [-0.1, -0.05) is 23.2 Å². The number of imidazole rings is 1. The number of hydrogen-bond donors (Lipinski definition) is 3. The summed E-state index contributed by atoms with van der Waals surface area (Å²) in [6.07, 6.45) is 0.542. The number of ether oxygens (including phenoxy) is 2. The number of rotatable bonds is 7. The molecule has 3 aromatic heterocycles. The number of aryl methyl sites for hydroxylation is 1. The summed E-state index contributed by atoms with van der Waals surface area (Å²) >= 11 is 12.7. The van der Waals surface area contributed by atoms with Gasteiger partial charge in [-0.25, -0.2) is 15.0 Å². The summed E-state index contributed by atoms with van der Waals surface area (Å²) in [6.45, 7) is 1.12. The second kappa shape index (κ2) is 10.2. The summed E-state index contributed by atoms with van der Waals surface area (Å²) in [6, 6.07) is 3.41. The molecule has 38 heavy (non-hydrogen) atoms. The van der Waals surface area contributed by atoms with Crippen molar-refractivity contribution in [1.82, 2.24) is 29.8 Å². The number of halogens is 5. The van der Waals surface area contributed by atoms with Gasteiger partial charge in [0.2, 0.25) is 5.95 Å². The van der Waals surface area contributed by atoms with Crippen LogP contribution in [-0.4, -0.2) is 43.7 Å². The van der Waals surface area contributed by atoms with Gasteiger partial charge in [0.1, 0.15) is 28.1 Å². The number of nitrogens with zero attached hydrogens (tertiary/aromatic N) is 5. The van der Waals surface area contributed by atoms with Crippen LogP contribution in [0, 0.1) is 0 Å². The van der Waals surface area contributed by atoms with E-state index < -0.39 is 11.7 Å². The van der Waals surface area contributed by atoms with E-state index >= 15 is 0 Å². The Morgan fingerprint density at radius 2 is 1.95 bits per heavy atom. The van der Waals surface area contributed by atoms with E-state index in [0.717, 1.165) is 18.3 Å². The normalized spacial score (nSPS) is 14.4. The predicted molar refractivity (Wildman–Crippen MR) is 135 cm³/mol. The number of alkyl halides is 3. The molecule has 10 nitrogen and oxygen atoms in total. The summed E-state index contributed by atoms with van der Waals surface area (Å²) < 4.78 is 53.7. The highest BCUT2D eigenvalue weighted by Gasteiger charge is 2.32. The van der Waals surface area contributed by atoms with Crippen molar-refractivity contribution in [3.05, 3.63) is 64.4 Å². The molecule has 4 heterocycles. The van der Waals surface area contributed by atoms with E-state index in [1.807, 2.05) is 0 Å². The zero-order valence-corrected chi connectivity index (χ0v) is 21.1. The third-order valence-electron chi connectivity index (χ3n) is 5.60. The zero-order valence-electron chi connectivity index (χ0n) is 19.6. The van der Waals surface area contributed by atoms with Crippen LogP contribution in [0.3, 0.4) is 0 Å². The molecule has 0 amide bonds. The largest absolute Gasteiger partial charge is 0.488 e. The van der Waals surface area contributed by atoms with Gasteiger partial charge in [0.25, 0.3) is 0 Å². The molecule has 5 rings (SSSR count).